The topological polar surface area (TPSA) is 96.5 Å². The quantitative estimate of drug-likeness (QED) is 0.610. The number of hydrogen-bond acceptors (Lipinski definition) is 6. The van der Waals surface area contributed by atoms with Crippen LogP contribution in [0.4, 0.5) is 0 Å². The second kappa shape index (κ2) is 8.97. The molecule has 0 spiro atoms. The van der Waals surface area contributed by atoms with Gasteiger partial charge in [0.2, 0.25) is 5.91 Å². The molecule has 1 atom stereocenters. The van der Waals surface area contributed by atoms with Crippen molar-refractivity contribution >= 4 is 34.1 Å². The van der Waals surface area contributed by atoms with Gasteiger partial charge in [0.15, 0.2) is 0 Å². The Hall–Kier alpha value is -3.07. The van der Waals surface area contributed by atoms with Gasteiger partial charge in [0.25, 0.3) is 5.91 Å². The summed E-state index contributed by atoms with van der Waals surface area (Å²) in [6, 6.07) is 5.35. The van der Waals surface area contributed by atoms with Crippen LogP contribution in [-0.2, 0) is 4.79 Å². The number of piperidine rings is 1. The zero-order valence-corrected chi connectivity index (χ0v) is 18.6. The first kappa shape index (κ1) is 21.2. The van der Waals surface area contributed by atoms with Crippen molar-refractivity contribution in [3.8, 4) is 11.5 Å². The molecule has 2 aromatic heterocycles. The van der Waals surface area contributed by atoms with Gasteiger partial charge in [-0.25, -0.2) is 4.98 Å². The molecular weight excluding hydrogens is 416 g/mol. The summed E-state index contributed by atoms with van der Waals surface area (Å²) >= 11 is 1.54. The highest BCUT2D eigenvalue weighted by atomic mass is 32.1. The minimum atomic E-state index is -0.114. The Labute approximate surface area is 184 Å². The van der Waals surface area contributed by atoms with Crippen LogP contribution in [0, 0.1) is 5.92 Å². The fourth-order valence-electron chi connectivity index (χ4n) is 4.23. The molecule has 1 aromatic carbocycles. The van der Waals surface area contributed by atoms with Gasteiger partial charge in [-0.1, -0.05) is 0 Å². The fourth-order valence-corrected chi connectivity index (χ4v) is 5.01. The molecule has 0 aliphatic carbocycles. The minimum Gasteiger partial charge on any atom is -0.496 e. The predicted molar refractivity (Wildman–Crippen MR) is 119 cm³/mol. The molecule has 0 saturated carbocycles. The van der Waals surface area contributed by atoms with E-state index in [4.69, 9.17) is 9.47 Å². The van der Waals surface area contributed by atoms with Crippen LogP contribution in [0.1, 0.15) is 41.3 Å². The molecule has 1 saturated heterocycles. The van der Waals surface area contributed by atoms with E-state index in [-0.39, 0.29) is 23.8 Å². The van der Waals surface area contributed by atoms with E-state index in [2.05, 4.69) is 15.3 Å². The number of H-pyrrole nitrogens is 1. The predicted octanol–water partition coefficient (Wildman–Crippen LogP) is 3.37. The van der Waals surface area contributed by atoms with E-state index in [1.807, 2.05) is 28.5 Å². The summed E-state index contributed by atoms with van der Waals surface area (Å²) in [5.74, 6) is 1.47. The monoisotopic (exact) mass is 442 g/mol. The molecule has 3 heterocycles. The lowest BCUT2D eigenvalue weighted by Gasteiger charge is -2.35. The molecule has 0 bridgehead atoms. The number of rotatable bonds is 6. The number of nitrogens with one attached hydrogen (secondary N) is 2. The Morgan fingerprint density at radius 2 is 1.94 bits per heavy atom. The second-order valence-corrected chi connectivity index (χ2v) is 8.55. The van der Waals surface area contributed by atoms with E-state index < -0.39 is 0 Å². The Balaban J connectivity index is 1.50. The van der Waals surface area contributed by atoms with E-state index in [0.29, 0.717) is 30.3 Å². The highest BCUT2D eigenvalue weighted by molar-refractivity contribution is 7.09. The second-order valence-electron chi connectivity index (χ2n) is 7.62. The summed E-state index contributed by atoms with van der Waals surface area (Å²) in [4.78, 5) is 34.4. The number of nitrogens with zero attached hydrogens (tertiary/aromatic N) is 2. The number of aromatic nitrogens is 2. The van der Waals surface area contributed by atoms with Crippen molar-refractivity contribution in [2.75, 3.05) is 27.3 Å². The van der Waals surface area contributed by atoms with Crippen LogP contribution in [0.25, 0.3) is 10.9 Å². The van der Waals surface area contributed by atoms with Crippen LogP contribution in [0.3, 0.4) is 0 Å². The third-order valence-electron chi connectivity index (χ3n) is 5.76. The Kier molecular flexibility index (Phi) is 6.13. The van der Waals surface area contributed by atoms with Gasteiger partial charge < -0.3 is 24.7 Å². The van der Waals surface area contributed by atoms with Crippen molar-refractivity contribution < 1.29 is 19.1 Å². The normalized spacial score (nSPS) is 15.6. The maximum Gasteiger partial charge on any atom is 0.270 e. The smallest absolute Gasteiger partial charge is 0.270 e. The third-order valence-corrected chi connectivity index (χ3v) is 6.62. The highest BCUT2D eigenvalue weighted by Gasteiger charge is 2.32. The van der Waals surface area contributed by atoms with Crippen LogP contribution < -0.4 is 14.8 Å². The minimum absolute atomic E-state index is 0.0518. The highest BCUT2D eigenvalue weighted by Crippen LogP contribution is 2.35. The summed E-state index contributed by atoms with van der Waals surface area (Å²) in [5, 5.41) is 6.69. The molecule has 1 aliphatic heterocycles. The zero-order chi connectivity index (χ0) is 22.0. The standard InChI is InChI=1S/C22H26N4O4S/c1-13(27)24-19(21-23-8-11-31-21)14-6-9-26(10-7-14)22(28)16-12-15-17(29-2)4-5-18(30-3)20(15)25-16/h4-5,8,11-12,14,19,25H,6-7,9-10H2,1-3H3,(H,24,27)/t19-/m0/s1. The lowest BCUT2D eigenvalue weighted by atomic mass is 9.89. The Bertz CT molecular complexity index is 1030. The van der Waals surface area contributed by atoms with E-state index in [9.17, 15) is 9.59 Å². The number of carbonyl (C=O) groups is 2. The van der Waals surface area contributed by atoms with Gasteiger partial charge in [-0.2, -0.15) is 0 Å². The number of methoxy groups -OCH3 is 2. The molecule has 0 radical (unpaired) electrons. The molecule has 31 heavy (non-hydrogen) atoms. The largest absolute Gasteiger partial charge is 0.496 e. The molecule has 1 fully saturated rings. The van der Waals surface area contributed by atoms with Crippen LogP contribution >= 0.6 is 11.3 Å². The summed E-state index contributed by atoms with van der Waals surface area (Å²) < 4.78 is 10.9. The molecule has 8 nitrogen and oxygen atoms in total. The number of benzene rings is 1. The number of aromatic amines is 1. The SMILES string of the molecule is COc1ccc(OC)c2[nH]c(C(=O)N3CCC([C@H](NC(C)=O)c4nccs4)CC3)cc12. The van der Waals surface area contributed by atoms with Gasteiger partial charge in [-0.15, -0.1) is 11.3 Å². The number of thiazole rings is 1. The number of ether oxygens (including phenoxy) is 2. The Morgan fingerprint density at radius 1 is 1.23 bits per heavy atom. The van der Waals surface area contributed by atoms with Gasteiger partial charge in [0.1, 0.15) is 22.2 Å². The van der Waals surface area contributed by atoms with Crippen molar-refractivity contribution in [2.45, 2.75) is 25.8 Å². The van der Waals surface area contributed by atoms with Crippen LogP contribution in [-0.4, -0.2) is 54.0 Å². The van der Waals surface area contributed by atoms with Crippen LogP contribution in [0.5, 0.6) is 11.5 Å². The van der Waals surface area contributed by atoms with Gasteiger partial charge in [-0.05, 0) is 37.0 Å². The average Bonchev–Trinajstić information content (AvgIpc) is 3.46. The molecular formula is C22H26N4O4S. The van der Waals surface area contributed by atoms with Gasteiger partial charge in [-0.3, -0.25) is 9.59 Å². The summed E-state index contributed by atoms with van der Waals surface area (Å²) in [7, 11) is 3.21. The summed E-state index contributed by atoms with van der Waals surface area (Å²) in [5.41, 5.74) is 1.25. The molecule has 2 amide bonds. The molecule has 0 unspecified atom stereocenters. The van der Waals surface area contributed by atoms with E-state index in [1.165, 1.54) is 6.92 Å². The number of fused-ring (bicyclic) bond motifs is 1. The lowest BCUT2D eigenvalue weighted by molar-refractivity contribution is -0.120. The van der Waals surface area contributed by atoms with E-state index >= 15 is 0 Å². The number of hydrogen-bond donors (Lipinski definition) is 2. The fraction of sp³-hybridized carbons (Fsp3) is 0.409. The molecule has 164 valence electrons. The first-order valence-corrected chi connectivity index (χ1v) is 11.1. The maximum absolute atomic E-state index is 13.2. The number of carbonyl (C=O) groups excluding carboxylic acids is 2. The van der Waals surface area contributed by atoms with Crippen molar-refractivity contribution in [1.29, 1.82) is 0 Å². The molecule has 9 heteroatoms. The van der Waals surface area contributed by atoms with Crippen LogP contribution in [0.2, 0.25) is 0 Å². The zero-order valence-electron chi connectivity index (χ0n) is 17.8. The van der Waals surface area contributed by atoms with Crippen LogP contribution in [0.15, 0.2) is 29.8 Å². The maximum atomic E-state index is 13.2. The number of likely N-dealkylation sites (tertiary alicyclic amines) is 1. The van der Waals surface area contributed by atoms with Gasteiger partial charge in [0, 0.05) is 37.0 Å². The van der Waals surface area contributed by atoms with Gasteiger partial charge in [0.05, 0.1) is 25.8 Å². The summed E-state index contributed by atoms with van der Waals surface area (Å²) in [6.45, 7) is 2.76. The molecule has 1 aliphatic rings. The molecule has 3 aromatic rings. The molecule has 2 N–H and O–H groups in total. The first-order valence-electron chi connectivity index (χ1n) is 10.2. The summed E-state index contributed by atoms with van der Waals surface area (Å²) in [6.07, 6.45) is 3.35. The van der Waals surface area contributed by atoms with Crippen molar-refractivity contribution in [3.63, 3.8) is 0 Å². The van der Waals surface area contributed by atoms with E-state index in [0.717, 1.165) is 28.8 Å². The molecule has 4 rings (SSSR count). The number of amides is 2. The van der Waals surface area contributed by atoms with E-state index in [1.54, 1.807) is 31.8 Å². The third kappa shape index (κ3) is 4.23. The van der Waals surface area contributed by atoms with Crippen molar-refractivity contribution in [1.82, 2.24) is 20.2 Å². The van der Waals surface area contributed by atoms with Crippen molar-refractivity contribution in [2.24, 2.45) is 5.92 Å². The first-order chi connectivity index (χ1) is 15.0. The average molecular weight is 443 g/mol. The van der Waals surface area contributed by atoms with Gasteiger partial charge >= 0.3 is 0 Å². The van der Waals surface area contributed by atoms with Crippen molar-refractivity contribution in [3.05, 3.63) is 40.5 Å². The lowest BCUT2D eigenvalue weighted by Crippen LogP contribution is -2.42. The Morgan fingerprint density at radius 3 is 2.55 bits per heavy atom.